The van der Waals surface area contributed by atoms with Gasteiger partial charge in [0.05, 0.1) is 12.1 Å². The Bertz CT molecular complexity index is 1070. The van der Waals surface area contributed by atoms with Gasteiger partial charge in [0.25, 0.3) is 5.56 Å². The zero-order valence-corrected chi connectivity index (χ0v) is 17.7. The van der Waals surface area contributed by atoms with Crippen molar-refractivity contribution < 1.29 is 4.74 Å². The van der Waals surface area contributed by atoms with E-state index < -0.39 is 0 Å². The predicted octanol–water partition coefficient (Wildman–Crippen LogP) is 3.89. The normalized spacial score (nSPS) is 19.0. The molecule has 1 aliphatic heterocycles. The highest BCUT2D eigenvalue weighted by Crippen LogP contribution is 2.36. The number of likely N-dealkylation sites (tertiary alicyclic amines) is 1. The zero-order chi connectivity index (χ0) is 20.5. The molecule has 1 saturated heterocycles. The Morgan fingerprint density at radius 3 is 2.67 bits per heavy atom. The molecule has 2 aromatic heterocycles. The zero-order valence-electron chi connectivity index (χ0n) is 17.7. The van der Waals surface area contributed by atoms with Crippen molar-refractivity contribution in [3.05, 3.63) is 58.9 Å². The fraction of sp³-hybridized carbons (Fsp3) is 0.500. The van der Waals surface area contributed by atoms with Crippen LogP contribution in [0.1, 0.15) is 50.4 Å². The molecule has 0 spiro atoms. The number of fused-ring (bicyclic) bond motifs is 1. The molecule has 30 heavy (non-hydrogen) atoms. The maximum absolute atomic E-state index is 11.8. The lowest BCUT2D eigenvalue weighted by molar-refractivity contribution is 0.0957. The Morgan fingerprint density at radius 2 is 1.87 bits per heavy atom. The summed E-state index contributed by atoms with van der Waals surface area (Å²) < 4.78 is 10.6. The van der Waals surface area contributed by atoms with Crippen LogP contribution in [0.4, 0.5) is 0 Å². The summed E-state index contributed by atoms with van der Waals surface area (Å²) in [5, 5.41) is 1.23. The second-order valence-corrected chi connectivity index (χ2v) is 8.70. The van der Waals surface area contributed by atoms with E-state index >= 15 is 0 Å². The highest BCUT2D eigenvalue weighted by atomic mass is 16.5. The van der Waals surface area contributed by atoms with Crippen LogP contribution in [0.25, 0.3) is 10.9 Å². The van der Waals surface area contributed by atoms with Crippen molar-refractivity contribution in [3.8, 4) is 5.75 Å². The number of aromatic nitrogens is 3. The molecule has 6 heteroatoms. The molecule has 3 heterocycles. The van der Waals surface area contributed by atoms with Crippen molar-refractivity contribution in [3.63, 3.8) is 0 Å². The van der Waals surface area contributed by atoms with E-state index in [9.17, 15) is 4.79 Å². The van der Waals surface area contributed by atoms with Gasteiger partial charge in [-0.3, -0.25) is 14.3 Å². The fourth-order valence-corrected chi connectivity index (χ4v) is 4.99. The smallest absolute Gasteiger partial charge is 0.253 e. The lowest BCUT2D eigenvalue weighted by atomic mass is 10.1. The Hall–Kier alpha value is -2.60. The van der Waals surface area contributed by atoms with E-state index in [0.29, 0.717) is 12.6 Å². The first-order valence-electron chi connectivity index (χ1n) is 11.2. The third kappa shape index (κ3) is 3.76. The van der Waals surface area contributed by atoms with Crippen LogP contribution in [0, 0.1) is 0 Å². The molecule has 0 radical (unpaired) electrons. The largest absolute Gasteiger partial charge is 0.490 e. The minimum absolute atomic E-state index is 0.00384. The Balaban J connectivity index is 1.24. The van der Waals surface area contributed by atoms with Gasteiger partial charge in [0.2, 0.25) is 0 Å². The average molecular weight is 407 g/mol. The second kappa shape index (κ2) is 8.26. The van der Waals surface area contributed by atoms with Gasteiger partial charge in [-0.25, -0.2) is 4.98 Å². The molecule has 3 aromatic rings. The molecule has 0 N–H and O–H groups in total. The van der Waals surface area contributed by atoms with Crippen molar-refractivity contribution >= 4 is 10.9 Å². The van der Waals surface area contributed by atoms with E-state index in [-0.39, 0.29) is 11.7 Å². The molecule has 1 saturated carbocycles. The Kier molecular flexibility index (Phi) is 5.34. The number of piperidine rings is 1. The van der Waals surface area contributed by atoms with Gasteiger partial charge in [-0.1, -0.05) is 18.9 Å². The minimum atomic E-state index is -0.00384. The molecule has 6 nitrogen and oxygen atoms in total. The van der Waals surface area contributed by atoms with Gasteiger partial charge in [-0.15, -0.1) is 0 Å². The number of rotatable bonds is 5. The highest BCUT2D eigenvalue weighted by molar-refractivity contribution is 5.86. The number of hydrogen-bond donors (Lipinski definition) is 0. The van der Waals surface area contributed by atoms with E-state index in [1.807, 2.05) is 0 Å². The maximum atomic E-state index is 11.8. The van der Waals surface area contributed by atoms with Crippen LogP contribution in [-0.4, -0.2) is 38.2 Å². The lowest BCUT2D eigenvalue weighted by Crippen LogP contribution is -2.39. The van der Waals surface area contributed by atoms with E-state index in [0.717, 1.165) is 37.5 Å². The highest BCUT2D eigenvalue weighted by Gasteiger charge is 2.23. The van der Waals surface area contributed by atoms with Gasteiger partial charge in [-0.2, -0.15) is 0 Å². The third-order valence-corrected chi connectivity index (χ3v) is 6.79. The first-order valence-corrected chi connectivity index (χ1v) is 11.2. The Labute approximate surface area is 177 Å². The molecule has 1 aliphatic carbocycles. The van der Waals surface area contributed by atoms with Crippen LogP contribution in [-0.2, 0) is 13.6 Å². The van der Waals surface area contributed by atoms with E-state index in [2.05, 4.69) is 44.9 Å². The summed E-state index contributed by atoms with van der Waals surface area (Å²) in [7, 11) is 1.79. The van der Waals surface area contributed by atoms with Gasteiger partial charge in [0.1, 0.15) is 17.7 Å². The molecule has 2 aliphatic rings. The minimum Gasteiger partial charge on any atom is -0.490 e. The molecule has 0 unspecified atom stereocenters. The fourth-order valence-electron chi connectivity index (χ4n) is 4.99. The molecule has 1 aromatic carbocycles. The topological polar surface area (TPSA) is 52.3 Å². The van der Waals surface area contributed by atoms with Gasteiger partial charge in [0.15, 0.2) is 0 Å². The van der Waals surface area contributed by atoms with Crippen LogP contribution in [0.15, 0.2) is 47.5 Å². The molecule has 2 fully saturated rings. The van der Waals surface area contributed by atoms with E-state index in [4.69, 9.17) is 4.74 Å². The van der Waals surface area contributed by atoms with E-state index in [1.54, 1.807) is 17.8 Å². The summed E-state index contributed by atoms with van der Waals surface area (Å²) in [6.45, 7) is 2.61. The van der Waals surface area contributed by atoms with Gasteiger partial charge >= 0.3 is 0 Å². The maximum Gasteiger partial charge on any atom is 0.253 e. The van der Waals surface area contributed by atoms with Crippen LogP contribution in [0.2, 0.25) is 0 Å². The number of nitrogens with zero attached hydrogens (tertiary/aromatic N) is 4. The van der Waals surface area contributed by atoms with Crippen molar-refractivity contribution in [2.75, 3.05) is 13.1 Å². The van der Waals surface area contributed by atoms with Crippen molar-refractivity contribution in [2.45, 2.75) is 57.2 Å². The van der Waals surface area contributed by atoms with Crippen molar-refractivity contribution in [1.29, 1.82) is 0 Å². The standard InChI is InChI=1S/C24H30N4O2/c1-26-23(25-13-9-24(26)29)17-27-14-10-19(11-15-27)30-22-8-4-7-21-20(22)12-16-28(21)18-5-2-3-6-18/h4,7-9,12-13,16,18-19H,2-3,5-6,10-11,14-15,17H2,1H3. The number of hydrogen-bond acceptors (Lipinski definition) is 4. The second-order valence-electron chi connectivity index (χ2n) is 8.70. The quantitative estimate of drug-likeness (QED) is 0.645. The summed E-state index contributed by atoms with van der Waals surface area (Å²) >= 11 is 0. The first kappa shape index (κ1) is 19.4. The average Bonchev–Trinajstić information content (AvgIpc) is 3.43. The molecule has 0 bridgehead atoms. The number of ether oxygens (including phenoxy) is 1. The molecular formula is C24H30N4O2. The summed E-state index contributed by atoms with van der Waals surface area (Å²) in [5.74, 6) is 1.83. The molecular weight excluding hydrogens is 376 g/mol. The van der Waals surface area contributed by atoms with Crippen LogP contribution >= 0.6 is 0 Å². The number of benzene rings is 1. The molecule has 0 amide bonds. The van der Waals surface area contributed by atoms with Crippen molar-refractivity contribution in [2.24, 2.45) is 7.05 Å². The summed E-state index contributed by atoms with van der Waals surface area (Å²) in [5.41, 5.74) is 1.30. The molecule has 158 valence electrons. The van der Waals surface area contributed by atoms with Crippen molar-refractivity contribution in [1.82, 2.24) is 19.0 Å². The summed E-state index contributed by atoms with van der Waals surface area (Å²) in [4.78, 5) is 18.5. The monoisotopic (exact) mass is 406 g/mol. The van der Waals surface area contributed by atoms with Crippen LogP contribution in [0.5, 0.6) is 5.75 Å². The van der Waals surface area contributed by atoms with E-state index in [1.165, 1.54) is 42.7 Å². The third-order valence-electron chi connectivity index (χ3n) is 6.79. The summed E-state index contributed by atoms with van der Waals surface area (Å²) in [6, 6.07) is 10.8. The van der Waals surface area contributed by atoms with Crippen LogP contribution in [0.3, 0.4) is 0 Å². The van der Waals surface area contributed by atoms with Gasteiger partial charge in [0, 0.05) is 50.0 Å². The first-order chi connectivity index (χ1) is 14.7. The Morgan fingerprint density at radius 1 is 1.07 bits per heavy atom. The van der Waals surface area contributed by atoms with Gasteiger partial charge in [-0.05, 0) is 43.9 Å². The SMILES string of the molecule is Cn1c(CN2CCC(Oc3cccc4c3ccn4C3CCCC3)CC2)nccc1=O. The molecule has 5 rings (SSSR count). The lowest BCUT2D eigenvalue weighted by Gasteiger charge is -2.32. The van der Waals surface area contributed by atoms with Crippen LogP contribution < -0.4 is 10.3 Å². The molecule has 0 atom stereocenters. The predicted molar refractivity (Wildman–Crippen MR) is 118 cm³/mol. The summed E-state index contributed by atoms with van der Waals surface area (Å²) in [6.07, 6.45) is 11.3. The van der Waals surface area contributed by atoms with Gasteiger partial charge < -0.3 is 9.30 Å².